The average Bonchev–Trinajstić information content (AvgIpc) is 2.92. The highest BCUT2D eigenvalue weighted by atomic mass is 35.5. The summed E-state index contributed by atoms with van der Waals surface area (Å²) in [7, 11) is 0. The molecule has 0 unspecified atom stereocenters. The van der Waals surface area contributed by atoms with Gasteiger partial charge in [-0.05, 0) is 36.4 Å². The largest absolute Gasteiger partial charge is 0.398 e. The highest BCUT2D eigenvalue weighted by Crippen LogP contribution is 2.28. The maximum Gasteiger partial charge on any atom is 0.0642 e. The molecule has 0 fully saturated rings. The zero-order valence-electron chi connectivity index (χ0n) is 10.3. The molecule has 3 rings (SSSR count). The number of nitrogen functional groups attached to an aromatic ring is 1. The molecular weight excluding hydrogens is 256 g/mol. The monoisotopic (exact) mass is 268 g/mol. The lowest BCUT2D eigenvalue weighted by atomic mass is 10.1. The van der Waals surface area contributed by atoms with Gasteiger partial charge in [-0.15, -0.1) is 0 Å². The van der Waals surface area contributed by atoms with E-state index < -0.39 is 0 Å². The number of nitrogens with two attached hydrogens (primary N) is 1. The van der Waals surface area contributed by atoms with Crippen LogP contribution < -0.4 is 5.73 Å². The van der Waals surface area contributed by atoms with Gasteiger partial charge in [-0.25, -0.2) is 0 Å². The second kappa shape index (κ2) is 4.82. The Bertz CT molecular complexity index is 702. The second-order valence-electron chi connectivity index (χ2n) is 4.34. The summed E-state index contributed by atoms with van der Waals surface area (Å²) in [5, 5.41) is 0.582. The Kier molecular flexibility index (Phi) is 3.02. The molecule has 3 heteroatoms. The molecule has 1 heterocycles. The standard InChI is InChI=1S/C16H13ClN2/c17-14-11-12(8-9-15(14)18)16-7-4-10-19(16)13-5-2-1-3-6-13/h1-11H,18H2. The van der Waals surface area contributed by atoms with Gasteiger partial charge in [-0.3, -0.25) is 0 Å². The summed E-state index contributed by atoms with van der Waals surface area (Å²) in [6.07, 6.45) is 2.04. The fraction of sp³-hybridized carbons (Fsp3) is 0. The molecule has 0 aliphatic rings. The van der Waals surface area contributed by atoms with Crippen molar-refractivity contribution in [2.75, 3.05) is 5.73 Å². The van der Waals surface area contributed by atoms with E-state index in [0.717, 1.165) is 16.9 Å². The number of nitrogens with zero attached hydrogens (tertiary/aromatic N) is 1. The SMILES string of the molecule is Nc1ccc(-c2cccn2-c2ccccc2)cc1Cl. The van der Waals surface area contributed by atoms with Crippen LogP contribution in [0.15, 0.2) is 66.9 Å². The van der Waals surface area contributed by atoms with E-state index in [4.69, 9.17) is 17.3 Å². The average molecular weight is 269 g/mol. The highest BCUT2D eigenvalue weighted by molar-refractivity contribution is 6.33. The molecule has 0 aliphatic heterocycles. The van der Waals surface area contributed by atoms with Crippen molar-refractivity contribution in [1.29, 1.82) is 0 Å². The Balaban J connectivity index is 2.12. The van der Waals surface area contributed by atoms with Crippen molar-refractivity contribution in [3.05, 3.63) is 71.9 Å². The summed E-state index contributed by atoms with van der Waals surface area (Å²) in [4.78, 5) is 0. The fourth-order valence-corrected chi connectivity index (χ4v) is 2.30. The van der Waals surface area contributed by atoms with Gasteiger partial charge in [0.1, 0.15) is 0 Å². The van der Waals surface area contributed by atoms with Crippen molar-refractivity contribution in [1.82, 2.24) is 4.57 Å². The summed E-state index contributed by atoms with van der Waals surface area (Å²) in [6, 6.07) is 20.0. The Morgan fingerprint density at radius 3 is 2.42 bits per heavy atom. The van der Waals surface area contributed by atoms with Crippen molar-refractivity contribution < 1.29 is 0 Å². The maximum atomic E-state index is 6.09. The van der Waals surface area contributed by atoms with Crippen LogP contribution in [-0.2, 0) is 0 Å². The molecule has 3 aromatic rings. The normalized spacial score (nSPS) is 10.6. The molecule has 0 amide bonds. The van der Waals surface area contributed by atoms with E-state index in [0.29, 0.717) is 10.7 Å². The first-order chi connectivity index (χ1) is 9.25. The van der Waals surface area contributed by atoms with E-state index >= 15 is 0 Å². The van der Waals surface area contributed by atoms with E-state index in [1.54, 1.807) is 0 Å². The molecule has 94 valence electrons. The fourth-order valence-electron chi connectivity index (χ4n) is 2.12. The van der Waals surface area contributed by atoms with Gasteiger partial charge in [0.25, 0.3) is 0 Å². The predicted octanol–water partition coefficient (Wildman–Crippen LogP) is 4.38. The number of rotatable bonds is 2. The van der Waals surface area contributed by atoms with Crippen LogP contribution in [0.3, 0.4) is 0 Å². The van der Waals surface area contributed by atoms with Crippen LogP contribution in [0.5, 0.6) is 0 Å². The van der Waals surface area contributed by atoms with Crippen LogP contribution in [0.4, 0.5) is 5.69 Å². The van der Waals surface area contributed by atoms with E-state index in [2.05, 4.69) is 22.8 Å². The molecule has 2 nitrogen and oxygen atoms in total. The summed E-state index contributed by atoms with van der Waals surface area (Å²) in [5.41, 5.74) is 9.61. The number of anilines is 1. The van der Waals surface area contributed by atoms with Gasteiger partial charge in [0.15, 0.2) is 0 Å². The van der Waals surface area contributed by atoms with E-state index in [-0.39, 0.29) is 0 Å². The van der Waals surface area contributed by atoms with Gasteiger partial charge in [-0.1, -0.05) is 35.9 Å². The molecule has 19 heavy (non-hydrogen) atoms. The third-order valence-electron chi connectivity index (χ3n) is 3.08. The van der Waals surface area contributed by atoms with Crippen molar-refractivity contribution in [3.63, 3.8) is 0 Å². The third-order valence-corrected chi connectivity index (χ3v) is 3.41. The molecule has 0 bridgehead atoms. The Labute approximate surface area is 117 Å². The van der Waals surface area contributed by atoms with Gasteiger partial charge in [0.05, 0.1) is 16.4 Å². The first-order valence-electron chi connectivity index (χ1n) is 6.04. The number of hydrogen-bond acceptors (Lipinski definition) is 1. The van der Waals surface area contributed by atoms with Crippen molar-refractivity contribution in [3.8, 4) is 16.9 Å². The smallest absolute Gasteiger partial charge is 0.0642 e. The van der Waals surface area contributed by atoms with Gasteiger partial charge in [0, 0.05) is 17.4 Å². The molecular formula is C16H13ClN2. The Hall–Kier alpha value is -2.19. The minimum atomic E-state index is 0.582. The van der Waals surface area contributed by atoms with Crippen LogP contribution in [0.25, 0.3) is 16.9 Å². The number of hydrogen-bond donors (Lipinski definition) is 1. The lowest BCUT2D eigenvalue weighted by molar-refractivity contribution is 1.09. The van der Waals surface area contributed by atoms with E-state index in [9.17, 15) is 0 Å². The summed E-state index contributed by atoms with van der Waals surface area (Å²) in [5.74, 6) is 0. The summed E-state index contributed by atoms with van der Waals surface area (Å²) < 4.78 is 2.13. The Morgan fingerprint density at radius 1 is 0.895 bits per heavy atom. The van der Waals surface area contributed by atoms with Gasteiger partial charge < -0.3 is 10.3 Å². The van der Waals surface area contributed by atoms with Crippen LogP contribution >= 0.6 is 11.6 Å². The minimum Gasteiger partial charge on any atom is -0.398 e. The van der Waals surface area contributed by atoms with Crippen LogP contribution in [0.2, 0.25) is 5.02 Å². The predicted molar refractivity (Wildman–Crippen MR) is 80.6 cm³/mol. The van der Waals surface area contributed by atoms with Gasteiger partial charge in [-0.2, -0.15) is 0 Å². The first-order valence-corrected chi connectivity index (χ1v) is 6.42. The molecule has 0 aliphatic carbocycles. The topological polar surface area (TPSA) is 30.9 Å². The maximum absolute atomic E-state index is 6.09. The molecule has 0 atom stereocenters. The zero-order chi connectivity index (χ0) is 13.2. The Morgan fingerprint density at radius 2 is 1.68 bits per heavy atom. The van der Waals surface area contributed by atoms with E-state index in [1.165, 1.54) is 0 Å². The first kappa shape index (κ1) is 11.9. The number of halogens is 1. The summed E-state index contributed by atoms with van der Waals surface area (Å²) in [6.45, 7) is 0. The summed E-state index contributed by atoms with van der Waals surface area (Å²) >= 11 is 6.09. The molecule has 0 spiro atoms. The third kappa shape index (κ3) is 2.23. The molecule has 2 N–H and O–H groups in total. The van der Waals surface area contributed by atoms with Crippen LogP contribution in [0.1, 0.15) is 0 Å². The van der Waals surface area contributed by atoms with E-state index in [1.807, 2.05) is 48.7 Å². The lowest BCUT2D eigenvalue weighted by Gasteiger charge is -2.10. The van der Waals surface area contributed by atoms with Gasteiger partial charge in [0.2, 0.25) is 0 Å². The van der Waals surface area contributed by atoms with Crippen LogP contribution in [-0.4, -0.2) is 4.57 Å². The number of aromatic nitrogens is 1. The van der Waals surface area contributed by atoms with Crippen molar-refractivity contribution in [2.45, 2.75) is 0 Å². The second-order valence-corrected chi connectivity index (χ2v) is 4.74. The minimum absolute atomic E-state index is 0.582. The van der Waals surface area contributed by atoms with Gasteiger partial charge >= 0.3 is 0 Å². The zero-order valence-corrected chi connectivity index (χ0v) is 11.0. The molecule has 1 aromatic heterocycles. The van der Waals surface area contributed by atoms with Crippen molar-refractivity contribution >= 4 is 17.3 Å². The number of para-hydroxylation sites is 1. The number of benzene rings is 2. The molecule has 0 radical (unpaired) electrons. The highest BCUT2D eigenvalue weighted by Gasteiger charge is 2.07. The molecule has 2 aromatic carbocycles. The molecule has 0 saturated heterocycles. The lowest BCUT2D eigenvalue weighted by Crippen LogP contribution is -1.95. The van der Waals surface area contributed by atoms with Crippen molar-refractivity contribution in [2.24, 2.45) is 0 Å². The molecule has 0 saturated carbocycles. The quantitative estimate of drug-likeness (QED) is 0.687. The van der Waals surface area contributed by atoms with Crippen LogP contribution in [0, 0.1) is 0 Å².